The van der Waals surface area contributed by atoms with E-state index in [0.29, 0.717) is 37.3 Å². The molecular weight excluding hydrogens is 422 g/mol. The van der Waals surface area contributed by atoms with Crippen LogP contribution in [0.3, 0.4) is 0 Å². The van der Waals surface area contributed by atoms with Crippen LogP contribution in [0, 0.1) is 0 Å². The van der Waals surface area contributed by atoms with Gasteiger partial charge in [-0.15, -0.1) is 0 Å². The zero-order valence-corrected chi connectivity index (χ0v) is 16.8. The number of para-hydroxylation sites is 2. The molecule has 1 unspecified atom stereocenters. The number of nitrogens with two attached hydrogens (primary N) is 2. The fourth-order valence-corrected chi connectivity index (χ4v) is 3.60. The Bertz CT molecular complexity index is 1220. The van der Waals surface area contributed by atoms with Crippen LogP contribution >= 0.6 is 0 Å². The highest BCUT2D eigenvalue weighted by atomic mass is 19.3. The normalized spacial score (nSPS) is 21.1. The first kappa shape index (κ1) is 20.2. The Morgan fingerprint density at radius 1 is 1.06 bits per heavy atom. The van der Waals surface area contributed by atoms with Crippen LogP contribution in [-0.4, -0.2) is 57.0 Å². The van der Waals surface area contributed by atoms with Crippen molar-refractivity contribution in [1.82, 2.24) is 29.8 Å². The molecule has 0 aliphatic carbocycles. The van der Waals surface area contributed by atoms with Gasteiger partial charge in [-0.05, 0) is 12.1 Å². The predicted octanol–water partition coefficient (Wildman–Crippen LogP) is 0.528. The molecule has 3 aromatic rings. The molecule has 0 bridgehead atoms. The third-order valence-electron chi connectivity index (χ3n) is 5.10. The van der Waals surface area contributed by atoms with Gasteiger partial charge < -0.3 is 20.7 Å². The minimum Gasteiger partial charge on any atom is -0.384 e. The van der Waals surface area contributed by atoms with Crippen LogP contribution in [-0.2, 0) is 10.4 Å². The number of halogens is 2. The molecule has 5 rings (SSSR count). The number of hydrogen-bond acceptors (Lipinski definition) is 10. The van der Waals surface area contributed by atoms with Crippen molar-refractivity contribution in [2.75, 3.05) is 31.2 Å². The summed E-state index contributed by atoms with van der Waals surface area (Å²) in [4.78, 5) is 23.5. The van der Waals surface area contributed by atoms with Gasteiger partial charge in [0.25, 0.3) is 6.43 Å². The summed E-state index contributed by atoms with van der Waals surface area (Å²) in [5.41, 5.74) is 11.7. The first-order chi connectivity index (χ1) is 15.4. The van der Waals surface area contributed by atoms with Gasteiger partial charge in [0.2, 0.25) is 11.9 Å². The molecule has 4 heterocycles. The SMILES string of the molecule is NC1=CN=CC(N)(c2nc(N3CCOCC3)nc(-n3c(C(F)F)nc4ccccc43)n2)N1. The van der Waals surface area contributed by atoms with E-state index in [4.69, 9.17) is 16.2 Å². The molecule has 0 radical (unpaired) electrons. The Labute approximate surface area is 180 Å². The number of fused-ring (bicyclic) bond motifs is 1. The third kappa shape index (κ3) is 3.50. The topological polar surface area (TPSA) is 145 Å². The number of anilines is 1. The maximum absolute atomic E-state index is 13.9. The average molecular weight is 442 g/mol. The first-order valence-electron chi connectivity index (χ1n) is 9.87. The van der Waals surface area contributed by atoms with E-state index in [1.54, 1.807) is 24.3 Å². The second kappa shape index (κ2) is 7.76. The number of benzene rings is 1. The first-order valence-corrected chi connectivity index (χ1v) is 9.87. The molecule has 0 spiro atoms. The molecule has 0 saturated carbocycles. The zero-order chi connectivity index (χ0) is 22.3. The lowest BCUT2D eigenvalue weighted by Gasteiger charge is -2.31. The molecular formula is C19H20F2N10O. The van der Waals surface area contributed by atoms with Crippen molar-refractivity contribution in [3.05, 3.63) is 47.9 Å². The molecule has 13 heteroatoms. The van der Waals surface area contributed by atoms with Crippen molar-refractivity contribution < 1.29 is 13.5 Å². The van der Waals surface area contributed by atoms with Crippen LogP contribution in [0.4, 0.5) is 14.7 Å². The highest BCUT2D eigenvalue weighted by Crippen LogP contribution is 2.28. The number of nitrogens with one attached hydrogen (secondary N) is 1. The van der Waals surface area contributed by atoms with E-state index in [2.05, 4.69) is 30.2 Å². The van der Waals surface area contributed by atoms with Crippen molar-refractivity contribution in [1.29, 1.82) is 0 Å². The number of aliphatic imine (C=N–C) groups is 1. The second-order valence-corrected chi connectivity index (χ2v) is 7.31. The lowest BCUT2D eigenvalue weighted by molar-refractivity contribution is 0.122. The lowest BCUT2D eigenvalue weighted by atomic mass is 10.1. The van der Waals surface area contributed by atoms with Crippen molar-refractivity contribution >= 4 is 23.2 Å². The Morgan fingerprint density at radius 2 is 1.81 bits per heavy atom. The summed E-state index contributed by atoms with van der Waals surface area (Å²) in [6, 6.07) is 6.77. The maximum Gasteiger partial charge on any atom is 0.296 e. The molecule has 1 atom stereocenters. The molecule has 2 aliphatic heterocycles. The van der Waals surface area contributed by atoms with Crippen LogP contribution in [0.2, 0.25) is 0 Å². The van der Waals surface area contributed by atoms with Crippen molar-refractivity contribution in [2.24, 2.45) is 16.5 Å². The van der Waals surface area contributed by atoms with Gasteiger partial charge in [-0.3, -0.25) is 15.3 Å². The molecule has 32 heavy (non-hydrogen) atoms. The Kier molecular flexibility index (Phi) is 4.90. The molecule has 1 fully saturated rings. The molecule has 2 aliphatic rings. The van der Waals surface area contributed by atoms with E-state index in [1.807, 2.05) is 4.90 Å². The smallest absolute Gasteiger partial charge is 0.296 e. The van der Waals surface area contributed by atoms with E-state index >= 15 is 0 Å². The van der Waals surface area contributed by atoms with E-state index in [9.17, 15) is 8.78 Å². The van der Waals surface area contributed by atoms with Gasteiger partial charge in [0.05, 0.1) is 36.7 Å². The van der Waals surface area contributed by atoms with E-state index in [1.165, 1.54) is 17.0 Å². The number of rotatable bonds is 4. The zero-order valence-electron chi connectivity index (χ0n) is 16.8. The van der Waals surface area contributed by atoms with Crippen LogP contribution in [0.25, 0.3) is 17.0 Å². The summed E-state index contributed by atoms with van der Waals surface area (Å²) >= 11 is 0. The number of ether oxygens (including phenoxy) is 1. The average Bonchev–Trinajstić information content (AvgIpc) is 3.19. The van der Waals surface area contributed by atoms with Gasteiger partial charge >= 0.3 is 0 Å². The van der Waals surface area contributed by atoms with Gasteiger partial charge in [-0.1, -0.05) is 12.1 Å². The number of aromatic nitrogens is 5. The number of nitrogens with zero attached hydrogens (tertiary/aromatic N) is 7. The van der Waals surface area contributed by atoms with Gasteiger partial charge in [0.1, 0.15) is 5.82 Å². The number of alkyl halides is 2. The molecule has 1 aromatic carbocycles. The van der Waals surface area contributed by atoms with Crippen LogP contribution in [0.15, 0.2) is 41.3 Å². The van der Waals surface area contributed by atoms with Gasteiger partial charge in [-0.2, -0.15) is 15.0 Å². The monoisotopic (exact) mass is 442 g/mol. The molecule has 1 saturated heterocycles. The highest BCUT2D eigenvalue weighted by molar-refractivity contribution is 5.78. The summed E-state index contributed by atoms with van der Waals surface area (Å²) in [5, 5.41) is 2.88. The molecule has 5 N–H and O–H groups in total. The van der Waals surface area contributed by atoms with Gasteiger partial charge in [-0.25, -0.2) is 13.8 Å². The van der Waals surface area contributed by atoms with Crippen molar-refractivity contribution in [2.45, 2.75) is 12.1 Å². The summed E-state index contributed by atoms with van der Waals surface area (Å²) in [5.74, 6) is 0.0492. The highest BCUT2D eigenvalue weighted by Gasteiger charge is 2.34. The minimum atomic E-state index is -2.85. The van der Waals surface area contributed by atoms with Crippen LogP contribution < -0.4 is 21.7 Å². The van der Waals surface area contributed by atoms with Gasteiger partial charge in [0, 0.05) is 13.1 Å². The summed E-state index contributed by atoms with van der Waals surface area (Å²) in [6.07, 6.45) is -0.0609. The molecule has 11 nitrogen and oxygen atoms in total. The fourth-order valence-electron chi connectivity index (χ4n) is 3.60. The number of hydrogen-bond donors (Lipinski definition) is 3. The Hall–Kier alpha value is -3.71. The largest absolute Gasteiger partial charge is 0.384 e. The quantitative estimate of drug-likeness (QED) is 0.527. The summed E-state index contributed by atoms with van der Waals surface area (Å²) in [6.45, 7) is 2.01. The third-order valence-corrected chi connectivity index (χ3v) is 5.10. The molecule has 2 aromatic heterocycles. The second-order valence-electron chi connectivity index (χ2n) is 7.31. The van der Waals surface area contributed by atoms with Crippen molar-refractivity contribution in [3.63, 3.8) is 0 Å². The lowest BCUT2D eigenvalue weighted by Crippen LogP contribution is -2.55. The van der Waals surface area contributed by atoms with E-state index in [0.717, 1.165) is 0 Å². The van der Waals surface area contributed by atoms with Crippen molar-refractivity contribution in [3.8, 4) is 5.95 Å². The predicted molar refractivity (Wildman–Crippen MR) is 112 cm³/mol. The number of imidazole rings is 1. The van der Waals surface area contributed by atoms with Crippen LogP contribution in [0.1, 0.15) is 18.1 Å². The number of morpholine rings is 1. The minimum absolute atomic E-state index is 0.0337. The van der Waals surface area contributed by atoms with Crippen LogP contribution in [0.5, 0.6) is 0 Å². The maximum atomic E-state index is 13.9. The van der Waals surface area contributed by atoms with E-state index < -0.39 is 17.9 Å². The van der Waals surface area contributed by atoms with Gasteiger partial charge in [0.15, 0.2) is 17.3 Å². The summed E-state index contributed by atoms with van der Waals surface area (Å²) in [7, 11) is 0. The standard InChI is InChI=1S/C19H20F2N10O/c20-14(21)15-25-11-3-1-2-4-12(11)31(15)18-27-16(19(23)10-24-9-13(22)29-19)26-17(28-18)30-5-7-32-8-6-30/h1-4,9-10,14,29H,5-8,22-23H2. The fraction of sp³-hybridized carbons (Fsp3) is 0.316. The Balaban J connectivity index is 1.72. The van der Waals surface area contributed by atoms with E-state index in [-0.39, 0.29) is 23.5 Å². The Morgan fingerprint density at radius 3 is 2.56 bits per heavy atom. The molecule has 0 amide bonds. The molecule has 166 valence electrons. The summed E-state index contributed by atoms with van der Waals surface area (Å²) < 4.78 is 34.5.